The number of halogens is 1. The average Bonchev–Trinajstić information content (AvgIpc) is 3.44. The molecule has 9 heteroatoms. The van der Waals surface area contributed by atoms with E-state index in [2.05, 4.69) is 32.9 Å². The minimum Gasteiger partial charge on any atom is -0.496 e. The van der Waals surface area contributed by atoms with Crippen LogP contribution < -0.4 is 14.8 Å². The monoisotopic (exact) mass is 714 g/mol. The van der Waals surface area contributed by atoms with Crippen molar-refractivity contribution in [3.63, 3.8) is 0 Å². The van der Waals surface area contributed by atoms with E-state index >= 15 is 0 Å². The van der Waals surface area contributed by atoms with E-state index in [1.54, 1.807) is 26.4 Å². The summed E-state index contributed by atoms with van der Waals surface area (Å²) in [4.78, 5) is 34.7. The van der Waals surface area contributed by atoms with Crippen LogP contribution in [0.4, 0.5) is 5.95 Å². The maximum atomic E-state index is 13.9. The Labute approximate surface area is 276 Å². The second kappa shape index (κ2) is 13.8. The summed E-state index contributed by atoms with van der Waals surface area (Å²) in [5.41, 5.74) is 5.55. The first-order valence-electron chi connectivity index (χ1n) is 15.2. The van der Waals surface area contributed by atoms with Gasteiger partial charge in [0.05, 0.1) is 23.5 Å². The first kappa shape index (κ1) is 30.8. The molecule has 0 saturated heterocycles. The van der Waals surface area contributed by atoms with Crippen LogP contribution in [-0.4, -0.2) is 40.9 Å². The molecule has 1 aliphatic rings. The normalized spacial score (nSPS) is 13.5. The highest BCUT2D eigenvalue weighted by atomic mass is 127. The largest absolute Gasteiger partial charge is 0.496 e. The van der Waals surface area contributed by atoms with Crippen LogP contribution in [0.5, 0.6) is 11.5 Å². The van der Waals surface area contributed by atoms with E-state index < -0.39 is 0 Å². The Balaban J connectivity index is 1.37. The lowest BCUT2D eigenvalue weighted by Crippen LogP contribution is -2.19. The summed E-state index contributed by atoms with van der Waals surface area (Å²) in [5, 5.41) is 3.93. The van der Waals surface area contributed by atoms with E-state index in [-0.39, 0.29) is 11.9 Å². The number of hydrogen-bond acceptors (Lipinski definition) is 6. The third-order valence-electron chi connectivity index (χ3n) is 8.55. The van der Waals surface area contributed by atoms with Crippen molar-refractivity contribution < 1.29 is 19.1 Å². The van der Waals surface area contributed by atoms with Crippen molar-refractivity contribution in [3.05, 3.63) is 98.9 Å². The highest BCUT2D eigenvalue weighted by Crippen LogP contribution is 2.39. The summed E-state index contributed by atoms with van der Waals surface area (Å²) in [6.07, 6.45) is 9.67. The van der Waals surface area contributed by atoms with Gasteiger partial charge in [-0.1, -0.05) is 74.6 Å². The van der Waals surface area contributed by atoms with Crippen LogP contribution in [0.25, 0.3) is 22.2 Å². The van der Waals surface area contributed by atoms with Crippen molar-refractivity contribution in [2.75, 3.05) is 19.5 Å². The van der Waals surface area contributed by atoms with Gasteiger partial charge in [0.2, 0.25) is 5.95 Å². The Bertz CT molecular complexity index is 1840. The molecule has 6 rings (SSSR count). The lowest BCUT2D eigenvalue weighted by Gasteiger charge is -2.23. The average molecular weight is 715 g/mol. The first-order valence-corrected chi connectivity index (χ1v) is 16.3. The topological polar surface area (TPSA) is 95.3 Å². The van der Waals surface area contributed by atoms with E-state index in [1.807, 2.05) is 65.4 Å². The fourth-order valence-corrected chi connectivity index (χ4v) is 6.87. The molecule has 0 spiro atoms. The Morgan fingerprint density at radius 2 is 1.76 bits per heavy atom. The van der Waals surface area contributed by atoms with E-state index in [4.69, 9.17) is 14.5 Å². The van der Waals surface area contributed by atoms with Gasteiger partial charge in [0.1, 0.15) is 23.5 Å². The molecule has 1 fully saturated rings. The third-order valence-corrected chi connectivity index (χ3v) is 9.39. The van der Waals surface area contributed by atoms with Gasteiger partial charge in [-0.25, -0.2) is 9.97 Å². The number of ether oxygens (including phenoxy) is 2. The molecule has 2 heterocycles. The highest BCUT2D eigenvalue weighted by Gasteiger charge is 2.23. The molecule has 1 aliphatic carbocycles. The molecule has 1 amide bonds. The number of aldehydes is 1. The molecule has 0 bridgehead atoms. The van der Waals surface area contributed by atoms with Crippen LogP contribution >= 0.6 is 22.6 Å². The Morgan fingerprint density at radius 3 is 2.49 bits per heavy atom. The van der Waals surface area contributed by atoms with E-state index in [1.165, 1.54) is 32.1 Å². The first-order chi connectivity index (χ1) is 22.0. The van der Waals surface area contributed by atoms with Gasteiger partial charge >= 0.3 is 0 Å². The summed E-state index contributed by atoms with van der Waals surface area (Å²) in [6.45, 7) is 0.460. The number of amides is 1. The zero-order chi connectivity index (χ0) is 31.3. The standard InChI is InChI=1S/C36H35IN4O4/c1-44-32-19-29(37)33(45-2)18-28(32)34-27(16-23-8-4-3-5-9-23)20-38-36(39-34)40-35(43)31-17-26-10-6-7-11-30(26)41(31)21-24-12-14-25(22-42)15-13-24/h6-7,10-15,17-20,22-23H,3-5,8-9,16,21H2,1-2H3,(H,38,39,40,43). The lowest BCUT2D eigenvalue weighted by atomic mass is 9.84. The van der Waals surface area contributed by atoms with Gasteiger partial charge in [-0.15, -0.1) is 0 Å². The van der Waals surface area contributed by atoms with Crippen molar-refractivity contribution in [1.29, 1.82) is 0 Å². The molecule has 0 unspecified atom stereocenters. The number of hydrogen-bond donors (Lipinski definition) is 1. The predicted molar refractivity (Wildman–Crippen MR) is 184 cm³/mol. The molecular weight excluding hydrogens is 679 g/mol. The fourth-order valence-electron chi connectivity index (χ4n) is 6.22. The summed E-state index contributed by atoms with van der Waals surface area (Å²) in [5.74, 6) is 1.88. The molecule has 2 aromatic heterocycles. The van der Waals surface area contributed by atoms with Gasteiger partial charge in [0, 0.05) is 34.8 Å². The van der Waals surface area contributed by atoms with Crippen molar-refractivity contribution in [2.24, 2.45) is 5.92 Å². The van der Waals surface area contributed by atoms with Crippen LogP contribution in [0.2, 0.25) is 0 Å². The number of methoxy groups -OCH3 is 2. The van der Waals surface area contributed by atoms with Gasteiger partial charge < -0.3 is 14.0 Å². The van der Waals surface area contributed by atoms with Crippen LogP contribution in [0.1, 0.15) is 64.1 Å². The van der Waals surface area contributed by atoms with E-state index in [0.29, 0.717) is 29.5 Å². The smallest absolute Gasteiger partial charge is 0.274 e. The Hall–Kier alpha value is -4.25. The van der Waals surface area contributed by atoms with Gasteiger partial charge in [-0.3, -0.25) is 14.9 Å². The SMILES string of the molecule is COc1cc(-c2nc(NC(=O)c3cc4ccccc4n3Cc3ccc(C=O)cc3)ncc2CC2CCCCC2)c(OC)cc1I. The summed E-state index contributed by atoms with van der Waals surface area (Å²) >= 11 is 2.24. The van der Waals surface area contributed by atoms with Crippen LogP contribution in [-0.2, 0) is 13.0 Å². The number of anilines is 1. The van der Waals surface area contributed by atoms with Gasteiger partial charge in [-0.2, -0.15) is 0 Å². The predicted octanol–water partition coefficient (Wildman–Crippen LogP) is 7.96. The molecule has 3 aromatic carbocycles. The zero-order valence-electron chi connectivity index (χ0n) is 25.4. The van der Waals surface area contributed by atoms with Crippen LogP contribution in [0.15, 0.2) is 72.9 Å². The number of carbonyl (C=O) groups is 2. The minimum absolute atomic E-state index is 0.217. The van der Waals surface area contributed by atoms with Crippen molar-refractivity contribution in [2.45, 2.75) is 45.1 Å². The number of fused-ring (bicyclic) bond motifs is 1. The molecule has 1 saturated carbocycles. The van der Waals surface area contributed by atoms with Gasteiger partial charge in [-0.05, 0) is 70.3 Å². The van der Waals surface area contributed by atoms with Crippen LogP contribution in [0.3, 0.4) is 0 Å². The molecule has 0 radical (unpaired) electrons. The molecule has 5 aromatic rings. The number of aromatic nitrogens is 3. The number of nitrogens with one attached hydrogen (secondary N) is 1. The van der Waals surface area contributed by atoms with Crippen molar-refractivity contribution in [3.8, 4) is 22.8 Å². The molecule has 0 aliphatic heterocycles. The highest BCUT2D eigenvalue weighted by molar-refractivity contribution is 14.1. The Morgan fingerprint density at radius 1 is 1.00 bits per heavy atom. The molecule has 45 heavy (non-hydrogen) atoms. The van der Waals surface area contributed by atoms with Gasteiger partial charge in [0.25, 0.3) is 5.91 Å². The van der Waals surface area contributed by atoms with Crippen molar-refractivity contribution in [1.82, 2.24) is 14.5 Å². The molecule has 0 atom stereocenters. The second-order valence-electron chi connectivity index (χ2n) is 11.5. The molecule has 8 nitrogen and oxygen atoms in total. The summed E-state index contributed by atoms with van der Waals surface area (Å²) in [6, 6.07) is 21.1. The number of para-hydroxylation sites is 1. The molecule has 230 valence electrons. The maximum Gasteiger partial charge on any atom is 0.274 e. The lowest BCUT2D eigenvalue weighted by molar-refractivity contribution is 0.101. The second-order valence-corrected chi connectivity index (χ2v) is 12.6. The fraction of sp³-hybridized carbons (Fsp3) is 0.278. The number of rotatable bonds is 10. The number of benzene rings is 3. The minimum atomic E-state index is -0.311. The van der Waals surface area contributed by atoms with Gasteiger partial charge in [0.15, 0.2) is 0 Å². The number of carbonyl (C=O) groups excluding carboxylic acids is 2. The van der Waals surface area contributed by atoms with E-state index in [9.17, 15) is 9.59 Å². The third kappa shape index (κ3) is 6.73. The zero-order valence-corrected chi connectivity index (χ0v) is 27.5. The Kier molecular flexibility index (Phi) is 9.44. The number of nitrogens with zero attached hydrogens (tertiary/aromatic N) is 3. The molecular formula is C36H35IN4O4. The van der Waals surface area contributed by atoms with E-state index in [0.717, 1.165) is 55.3 Å². The molecule has 1 N–H and O–H groups in total. The summed E-state index contributed by atoms with van der Waals surface area (Å²) in [7, 11) is 3.30. The quantitative estimate of drug-likeness (QED) is 0.117. The van der Waals surface area contributed by atoms with Crippen molar-refractivity contribution >= 4 is 51.6 Å². The summed E-state index contributed by atoms with van der Waals surface area (Å²) < 4.78 is 14.4. The van der Waals surface area contributed by atoms with Crippen LogP contribution in [0, 0.1) is 9.49 Å². The maximum absolute atomic E-state index is 13.9.